The second kappa shape index (κ2) is 9.79. The van der Waals surface area contributed by atoms with Gasteiger partial charge < -0.3 is 26.7 Å². The van der Waals surface area contributed by atoms with Gasteiger partial charge in [0, 0.05) is 43.9 Å². The largest absolute Gasteiger partial charge is 0.478 e. The summed E-state index contributed by atoms with van der Waals surface area (Å²) in [7, 11) is -4.97. The highest BCUT2D eigenvalue weighted by molar-refractivity contribution is 7.84. The quantitative estimate of drug-likeness (QED) is 0.0763. The van der Waals surface area contributed by atoms with E-state index < -0.39 is 51.5 Å². The Bertz CT molecular complexity index is 1450. The molecule has 0 spiro atoms. The van der Waals surface area contributed by atoms with Crippen molar-refractivity contribution in [2.75, 3.05) is 18.8 Å². The number of nitrogens with zero attached hydrogens (tertiary/aromatic N) is 7. The summed E-state index contributed by atoms with van der Waals surface area (Å²) in [4.78, 5) is 49.6. The second-order valence-corrected chi connectivity index (χ2v) is 11.6. The first-order chi connectivity index (χ1) is 18.4. The Morgan fingerprint density at radius 1 is 1.33 bits per heavy atom. The van der Waals surface area contributed by atoms with Gasteiger partial charge in [-0.25, -0.2) is 14.1 Å². The number of carbonyl (C=O) groups is 3. The molecule has 2 aromatic heterocycles. The van der Waals surface area contributed by atoms with Crippen LogP contribution in [0.4, 0.5) is 5.13 Å². The fourth-order valence-corrected chi connectivity index (χ4v) is 5.59. The van der Waals surface area contributed by atoms with Gasteiger partial charge in [-0.15, -0.1) is 11.3 Å². The van der Waals surface area contributed by atoms with Crippen LogP contribution in [0.25, 0.3) is 0 Å². The molecule has 5 rings (SSSR count). The van der Waals surface area contributed by atoms with Crippen LogP contribution >= 0.6 is 11.3 Å². The molecule has 20 heteroatoms. The average molecular weight is 585 g/mol. The van der Waals surface area contributed by atoms with E-state index in [1.807, 2.05) is 4.90 Å². The number of oxime groups is 1. The molecule has 3 fully saturated rings. The molecule has 1 saturated carbocycles. The van der Waals surface area contributed by atoms with Crippen molar-refractivity contribution in [3.63, 3.8) is 0 Å². The monoisotopic (exact) mass is 584 g/mol. The molecule has 39 heavy (non-hydrogen) atoms. The summed E-state index contributed by atoms with van der Waals surface area (Å²) >= 11 is 0.979. The number of thiazole rings is 1. The van der Waals surface area contributed by atoms with Crippen LogP contribution in [0, 0.1) is 0 Å². The minimum Gasteiger partial charge on any atom is -0.478 e. The lowest BCUT2D eigenvalue weighted by Gasteiger charge is -2.43. The number of likely N-dealkylation sites (tertiary alicyclic amines) is 1. The molecule has 2 aliphatic heterocycles. The molecule has 4 heterocycles. The molecule has 0 bridgehead atoms. The summed E-state index contributed by atoms with van der Waals surface area (Å²) in [5.41, 5.74) is 9.90. The number of aliphatic carboxylic acids is 1. The van der Waals surface area contributed by atoms with Crippen LogP contribution in [0.1, 0.15) is 24.2 Å². The Morgan fingerprint density at radius 3 is 2.62 bits per heavy atom. The number of carboxylic acids is 1. The normalized spacial score (nSPS) is 23.2. The van der Waals surface area contributed by atoms with Crippen molar-refractivity contribution in [3.05, 3.63) is 23.0 Å². The first kappa shape index (κ1) is 26.9. The summed E-state index contributed by atoms with van der Waals surface area (Å²) in [5.74, 6) is -3.38. The minimum atomic E-state index is -4.97. The maximum absolute atomic E-state index is 13.2. The molecule has 2 saturated heterocycles. The van der Waals surface area contributed by atoms with E-state index in [1.54, 1.807) is 0 Å². The molecule has 210 valence electrons. The zero-order valence-electron chi connectivity index (χ0n) is 20.1. The second-order valence-electron chi connectivity index (χ2n) is 9.38. The number of anilines is 1. The van der Waals surface area contributed by atoms with Gasteiger partial charge in [-0.3, -0.25) is 19.0 Å². The molecule has 7 N–H and O–H groups in total. The van der Waals surface area contributed by atoms with Crippen LogP contribution in [-0.2, 0) is 42.6 Å². The Labute approximate surface area is 224 Å². The number of hydrogen-bond donors (Lipinski definition) is 5. The Hall–Kier alpha value is -3.72. The number of nitrogens with two attached hydrogens (primary N) is 2. The summed E-state index contributed by atoms with van der Waals surface area (Å²) < 4.78 is 33.6. The molecule has 0 radical (unpaired) electrons. The molecule has 3 aliphatic rings. The number of nitrogen functional groups attached to an aromatic ring is 1. The highest BCUT2D eigenvalue weighted by atomic mass is 32.2. The molecule has 18 nitrogen and oxygen atoms in total. The third-order valence-corrected chi connectivity index (χ3v) is 8.02. The van der Waals surface area contributed by atoms with Gasteiger partial charge in [0.1, 0.15) is 17.8 Å². The number of amides is 2. The van der Waals surface area contributed by atoms with Crippen molar-refractivity contribution < 1.29 is 37.3 Å². The molecular weight excluding hydrogens is 560 g/mol. The van der Waals surface area contributed by atoms with Crippen LogP contribution in [0.2, 0.25) is 0 Å². The highest BCUT2D eigenvalue weighted by Crippen LogP contribution is 2.40. The van der Waals surface area contributed by atoms with E-state index in [4.69, 9.17) is 16.3 Å². The van der Waals surface area contributed by atoms with Gasteiger partial charge in [0.15, 0.2) is 10.8 Å². The van der Waals surface area contributed by atoms with Crippen molar-refractivity contribution in [1.29, 1.82) is 0 Å². The SMILES string of the molecule is Nc1nc(C(=NOC2(C(=O)O)CC2)C(=O)N[C@@H]2C(=O)N(S(=O)(=O)O)[C@@H]2Cn2ncc(CN3CC(N)C3)n2)cs1. The highest BCUT2D eigenvalue weighted by Gasteiger charge is 2.56. The number of hydrogen-bond acceptors (Lipinski definition) is 14. The number of rotatable bonds is 11. The summed E-state index contributed by atoms with van der Waals surface area (Å²) in [6, 6.07) is -2.63. The number of carboxylic acid groups (broad SMARTS) is 1. The van der Waals surface area contributed by atoms with Gasteiger partial charge in [0.25, 0.3) is 11.8 Å². The van der Waals surface area contributed by atoms with Crippen molar-refractivity contribution >= 4 is 50.3 Å². The van der Waals surface area contributed by atoms with Crippen molar-refractivity contribution in [3.8, 4) is 0 Å². The van der Waals surface area contributed by atoms with Crippen molar-refractivity contribution in [2.24, 2.45) is 10.9 Å². The third kappa shape index (κ3) is 5.41. The van der Waals surface area contributed by atoms with Crippen LogP contribution in [0.3, 0.4) is 0 Å². The minimum absolute atomic E-state index is 0.0461. The zero-order chi connectivity index (χ0) is 28.1. The van der Waals surface area contributed by atoms with E-state index in [-0.39, 0.29) is 40.6 Å². The Balaban J connectivity index is 1.34. The Kier molecular flexibility index (Phi) is 6.74. The lowest BCUT2D eigenvalue weighted by atomic mass is 9.98. The van der Waals surface area contributed by atoms with E-state index in [2.05, 4.69) is 25.7 Å². The molecule has 0 unspecified atom stereocenters. The van der Waals surface area contributed by atoms with E-state index >= 15 is 0 Å². The summed E-state index contributed by atoms with van der Waals surface area (Å²) in [6.45, 7) is 1.57. The number of nitrogens with one attached hydrogen (secondary N) is 1. The number of aromatic nitrogens is 4. The number of carbonyl (C=O) groups excluding carboxylic acids is 2. The maximum Gasteiger partial charge on any atom is 0.362 e. The van der Waals surface area contributed by atoms with E-state index in [0.29, 0.717) is 25.3 Å². The van der Waals surface area contributed by atoms with Crippen LogP contribution in [-0.4, -0.2) is 108 Å². The summed E-state index contributed by atoms with van der Waals surface area (Å²) in [5, 5.41) is 25.2. The van der Waals surface area contributed by atoms with Crippen molar-refractivity contribution in [1.82, 2.24) is 34.5 Å². The molecule has 2 amide bonds. The Morgan fingerprint density at radius 2 is 2.05 bits per heavy atom. The fourth-order valence-electron chi connectivity index (χ4n) is 4.17. The standard InChI is InChI=1S/C19H24N10O8S2/c20-9-4-27(5-9)6-10-3-22-28(25-10)7-12-14(16(31)29(12)39(34,35)36)24-15(30)13(11-8-38-18(21)23-11)26-37-19(1-2-19)17(32)33/h3,8-9,12,14H,1-2,4-7,20H2,(H2,21,23)(H,24,30)(H,32,33)(H,34,35,36)/t12-,14+/m1/s1. The number of β-lactam (4-membered cyclic amide) rings is 1. The lowest BCUT2D eigenvalue weighted by molar-refractivity contribution is -0.153. The van der Waals surface area contributed by atoms with E-state index in [9.17, 15) is 32.5 Å². The predicted molar refractivity (Wildman–Crippen MR) is 131 cm³/mol. The van der Waals surface area contributed by atoms with Gasteiger partial charge in [-0.05, 0) is 0 Å². The average Bonchev–Trinajstić information content (AvgIpc) is 3.31. The first-order valence-corrected chi connectivity index (χ1v) is 13.8. The predicted octanol–water partition coefficient (Wildman–Crippen LogP) is -3.00. The summed E-state index contributed by atoms with van der Waals surface area (Å²) in [6.07, 6.45) is 1.83. The maximum atomic E-state index is 13.2. The molecule has 2 atom stereocenters. The first-order valence-electron chi connectivity index (χ1n) is 11.6. The smallest absolute Gasteiger partial charge is 0.362 e. The van der Waals surface area contributed by atoms with Gasteiger partial charge in [0.2, 0.25) is 5.60 Å². The molecular formula is C19H24N10O8S2. The van der Waals surface area contributed by atoms with Gasteiger partial charge >= 0.3 is 16.3 Å². The molecule has 0 aromatic carbocycles. The molecule has 2 aromatic rings. The zero-order valence-corrected chi connectivity index (χ0v) is 21.7. The van der Waals surface area contributed by atoms with Gasteiger partial charge in [-0.2, -0.15) is 23.4 Å². The van der Waals surface area contributed by atoms with Crippen LogP contribution < -0.4 is 16.8 Å². The molecule has 1 aliphatic carbocycles. The topological polar surface area (TPSA) is 262 Å². The van der Waals surface area contributed by atoms with Gasteiger partial charge in [0.05, 0.1) is 18.4 Å². The third-order valence-electron chi connectivity index (χ3n) is 6.39. The van der Waals surface area contributed by atoms with E-state index in [1.165, 1.54) is 11.6 Å². The lowest BCUT2D eigenvalue weighted by Crippen LogP contribution is -2.73. The van der Waals surface area contributed by atoms with E-state index in [0.717, 1.165) is 16.1 Å². The van der Waals surface area contributed by atoms with Crippen molar-refractivity contribution in [2.45, 2.75) is 49.7 Å². The van der Waals surface area contributed by atoms with Crippen LogP contribution in [0.5, 0.6) is 0 Å². The van der Waals surface area contributed by atoms with Gasteiger partial charge in [-0.1, -0.05) is 5.16 Å². The fraction of sp³-hybridized carbons (Fsp3) is 0.526. The van der Waals surface area contributed by atoms with Crippen LogP contribution in [0.15, 0.2) is 16.7 Å².